The second-order valence-electron chi connectivity index (χ2n) is 10.4. The van der Waals surface area contributed by atoms with Crippen LogP contribution >= 0.6 is 11.3 Å². The van der Waals surface area contributed by atoms with E-state index in [0.29, 0.717) is 16.8 Å². The SMILES string of the molecule is CCC(CCN(C)C(=O)OC(C)(C)C)C1CCCN(c2ccc(NC(=O)c3nccs3)cc2)CC1. The van der Waals surface area contributed by atoms with Crippen molar-refractivity contribution >= 4 is 34.7 Å². The van der Waals surface area contributed by atoms with Gasteiger partial charge in [-0.3, -0.25) is 4.79 Å². The zero-order chi connectivity index (χ0) is 25.4. The van der Waals surface area contributed by atoms with E-state index in [1.54, 1.807) is 16.5 Å². The number of hydrogen-bond donors (Lipinski definition) is 1. The highest BCUT2D eigenvalue weighted by Crippen LogP contribution is 2.32. The molecule has 8 heteroatoms. The Morgan fingerprint density at radius 1 is 1.23 bits per heavy atom. The molecule has 1 aliphatic rings. The molecule has 0 radical (unpaired) electrons. The van der Waals surface area contributed by atoms with E-state index >= 15 is 0 Å². The van der Waals surface area contributed by atoms with Crippen molar-refractivity contribution in [3.8, 4) is 0 Å². The van der Waals surface area contributed by atoms with E-state index in [9.17, 15) is 9.59 Å². The van der Waals surface area contributed by atoms with Crippen LogP contribution in [0.5, 0.6) is 0 Å². The number of nitrogens with zero attached hydrogens (tertiary/aromatic N) is 3. The van der Waals surface area contributed by atoms with Crippen molar-refractivity contribution in [3.05, 3.63) is 40.8 Å². The number of hydrogen-bond acceptors (Lipinski definition) is 6. The van der Waals surface area contributed by atoms with Gasteiger partial charge in [0.05, 0.1) is 0 Å². The fourth-order valence-electron chi connectivity index (χ4n) is 4.69. The number of carbonyl (C=O) groups excluding carboxylic acids is 2. The van der Waals surface area contributed by atoms with Crippen LogP contribution in [0.25, 0.3) is 0 Å². The molecule has 0 aliphatic carbocycles. The van der Waals surface area contributed by atoms with Crippen molar-refractivity contribution in [2.75, 3.05) is 36.9 Å². The van der Waals surface area contributed by atoms with E-state index < -0.39 is 5.60 Å². The first-order chi connectivity index (χ1) is 16.7. The number of aromatic nitrogens is 1. The first kappa shape index (κ1) is 27.0. The molecule has 7 nitrogen and oxygen atoms in total. The molecule has 1 saturated heterocycles. The maximum Gasteiger partial charge on any atom is 0.410 e. The third-order valence-corrected chi connectivity index (χ3v) is 7.39. The monoisotopic (exact) mass is 500 g/mol. The first-order valence-corrected chi connectivity index (χ1v) is 13.5. The lowest BCUT2D eigenvalue weighted by Crippen LogP contribution is -2.35. The molecule has 2 atom stereocenters. The predicted octanol–water partition coefficient (Wildman–Crippen LogP) is 6.29. The smallest absolute Gasteiger partial charge is 0.410 e. The maximum atomic E-state index is 12.3. The molecule has 2 heterocycles. The van der Waals surface area contributed by atoms with E-state index in [0.717, 1.165) is 51.0 Å². The Balaban J connectivity index is 1.50. The third kappa shape index (κ3) is 8.23. The molecule has 2 unspecified atom stereocenters. The summed E-state index contributed by atoms with van der Waals surface area (Å²) in [6.07, 6.45) is 7.05. The summed E-state index contributed by atoms with van der Waals surface area (Å²) in [5.74, 6) is 1.09. The predicted molar refractivity (Wildman–Crippen MR) is 143 cm³/mol. The van der Waals surface area contributed by atoms with Crippen LogP contribution in [0, 0.1) is 11.8 Å². The molecule has 3 rings (SSSR count). The van der Waals surface area contributed by atoms with Crippen molar-refractivity contribution in [2.45, 2.75) is 65.4 Å². The molecule has 1 aromatic carbocycles. The fourth-order valence-corrected chi connectivity index (χ4v) is 5.22. The summed E-state index contributed by atoms with van der Waals surface area (Å²) in [5, 5.41) is 5.18. The Labute approximate surface area is 213 Å². The molecule has 1 fully saturated rings. The lowest BCUT2D eigenvalue weighted by Gasteiger charge is -2.29. The van der Waals surface area contributed by atoms with Crippen LogP contribution in [-0.4, -0.2) is 54.2 Å². The van der Waals surface area contributed by atoms with E-state index in [4.69, 9.17) is 4.74 Å². The van der Waals surface area contributed by atoms with E-state index in [2.05, 4.69) is 34.3 Å². The Morgan fingerprint density at radius 2 is 1.97 bits per heavy atom. The molecule has 0 bridgehead atoms. The zero-order valence-corrected chi connectivity index (χ0v) is 22.6. The molecular weight excluding hydrogens is 460 g/mol. The number of carbonyl (C=O) groups is 2. The molecule has 2 amide bonds. The minimum Gasteiger partial charge on any atom is -0.444 e. The molecule has 0 saturated carbocycles. The molecule has 1 aromatic heterocycles. The summed E-state index contributed by atoms with van der Waals surface area (Å²) >= 11 is 1.33. The molecule has 2 aromatic rings. The summed E-state index contributed by atoms with van der Waals surface area (Å²) in [5.41, 5.74) is 1.50. The van der Waals surface area contributed by atoms with Crippen LogP contribution in [0.4, 0.5) is 16.2 Å². The standard InChI is InChI=1S/C27H40N4O3S/c1-6-20(13-17-30(5)26(33)34-27(2,3)4)21-8-7-16-31(18-14-21)23-11-9-22(10-12-23)29-24(32)25-28-15-19-35-25/h9-12,15,19-21H,6-8,13-14,16-18H2,1-5H3,(H,29,32). The Hall–Kier alpha value is -2.61. The quantitative estimate of drug-likeness (QED) is 0.461. The van der Waals surface area contributed by atoms with Gasteiger partial charge in [0.25, 0.3) is 5.91 Å². The molecule has 0 spiro atoms. The minimum atomic E-state index is -0.467. The van der Waals surface area contributed by atoms with Gasteiger partial charge in [0, 0.05) is 49.6 Å². The topological polar surface area (TPSA) is 74.8 Å². The normalized spacial score (nSPS) is 17.4. The second kappa shape index (κ2) is 12.4. The van der Waals surface area contributed by atoms with E-state index in [-0.39, 0.29) is 12.0 Å². The van der Waals surface area contributed by atoms with Crippen LogP contribution in [0.3, 0.4) is 0 Å². The number of nitrogens with one attached hydrogen (secondary N) is 1. The number of ether oxygens (including phenoxy) is 1. The maximum absolute atomic E-state index is 12.3. The first-order valence-electron chi connectivity index (χ1n) is 12.7. The van der Waals surface area contributed by atoms with Crippen LogP contribution < -0.4 is 10.2 Å². The van der Waals surface area contributed by atoms with Gasteiger partial charge in [-0.05, 0) is 82.6 Å². The Kier molecular flexibility index (Phi) is 9.55. The summed E-state index contributed by atoms with van der Waals surface area (Å²) in [4.78, 5) is 32.8. The van der Waals surface area contributed by atoms with Gasteiger partial charge in [-0.15, -0.1) is 11.3 Å². The summed E-state index contributed by atoms with van der Waals surface area (Å²) in [7, 11) is 1.83. The molecule has 35 heavy (non-hydrogen) atoms. The van der Waals surface area contributed by atoms with Crippen molar-refractivity contribution in [1.29, 1.82) is 0 Å². The summed E-state index contributed by atoms with van der Waals surface area (Å²) in [6, 6.07) is 8.10. The van der Waals surface area contributed by atoms with Crippen molar-refractivity contribution in [2.24, 2.45) is 11.8 Å². The van der Waals surface area contributed by atoms with Crippen molar-refractivity contribution < 1.29 is 14.3 Å². The minimum absolute atomic E-state index is 0.173. The lowest BCUT2D eigenvalue weighted by molar-refractivity contribution is 0.0284. The van der Waals surface area contributed by atoms with Crippen LogP contribution in [0.1, 0.15) is 69.6 Å². The van der Waals surface area contributed by atoms with Gasteiger partial charge in [0.2, 0.25) is 0 Å². The second-order valence-corrected chi connectivity index (χ2v) is 11.3. The number of amides is 2. The number of benzene rings is 1. The van der Waals surface area contributed by atoms with E-state index in [1.165, 1.54) is 23.4 Å². The van der Waals surface area contributed by atoms with Crippen molar-refractivity contribution in [1.82, 2.24) is 9.88 Å². The average molecular weight is 501 g/mol. The van der Waals surface area contributed by atoms with Gasteiger partial charge in [-0.25, -0.2) is 9.78 Å². The third-order valence-electron chi connectivity index (χ3n) is 6.62. The summed E-state index contributed by atoms with van der Waals surface area (Å²) in [6.45, 7) is 10.7. The van der Waals surface area contributed by atoms with Gasteiger partial charge in [0.15, 0.2) is 5.01 Å². The molecule has 1 N–H and O–H groups in total. The van der Waals surface area contributed by atoms with Crippen LogP contribution in [0.15, 0.2) is 35.8 Å². The van der Waals surface area contributed by atoms with Gasteiger partial charge in [-0.2, -0.15) is 0 Å². The van der Waals surface area contributed by atoms with Crippen LogP contribution in [0.2, 0.25) is 0 Å². The Bertz CT molecular complexity index is 940. The summed E-state index contributed by atoms with van der Waals surface area (Å²) < 4.78 is 5.50. The molecule has 1 aliphatic heterocycles. The fraction of sp³-hybridized carbons (Fsp3) is 0.593. The number of rotatable bonds is 8. The van der Waals surface area contributed by atoms with Crippen molar-refractivity contribution in [3.63, 3.8) is 0 Å². The lowest BCUT2D eigenvalue weighted by atomic mass is 9.82. The Morgan fingerprint density at radius 3 is 2.60 bits per heavy atom. The number of thiazole rings is 1. The molecule has 192 valence electrons. The highest BCUT2D eigenvalue weighted by molar-refractivity contribution is 7.11. The highest BCUT2D eigenvalue weighted by atomic mass is 32.1. The van der Waals surface area contributed by atoms with Gasteiger partial charge in [0.1, 0.15) is 5.60 Å². The van der Waals surface area contributed by atoms with E-state index in [1.807, 2.05) is 40.0 Å². The van der Waals surface area contributed by atoms with Gasteiger partial charge < -0.3 is 19.9 Å². The number of anilines is 2. The highest BCUT2D eigenvalue weighted by Gasteiger charge is 2.26. The zero-order valence-electron chi connectivity index (χ0n) is 21.8. The largest absolute Gasteiger partial charge is 0.444 e. The van der Waals surface area contributed by atoms with Gasteiger partial charge in [-0.1, -0.05) is 13.3 Å². The molecular formula is C27H40N4O3S. The van der Waals surface area contributed by atoms with Crippen LogP contribution in [-0.2, 0) is 4.74 Å². The van der Waals surface area contributed by atoms with Gasteiger partial charge >= 0.3 is 6.09 Å². The average Bonchev–Trinajstić information content (AvgIpc) is 3.25.